The molecule has 14 heavy (non-hydrogen) atoms. The molecule has 0 aliphatic rings. The Morgan fingerprint density at radius 2 is 1.93 bits per heavy atom. The van der Waals surface area contributed by atoms with Crippen molar-refractivity contribution in [1.29, 1.82) is 0 Å². The molecule has 4 N–H and O–H groups in total. The number of nitrogens with one attached hydrogen (secondary N) is 1. The van der Waals surface area contributed by atoms with Gasteiger partial charge in [-0.2, -0.15) is 0 Å². The molecule has 6 nitrogen and oxygen atoms in total. The van der Waals surface area contributed by atoms with E-state index in [4.69, 9.17) is 15.3 Å². The van der Waals surface area contributed by atoms with Crippen LogP contribution in [0.15, 0.2) is 0 Å². The molecule has 0 saturated carbocycles. The van der Waals surface area contributed by atoms with Gasteiger partial charge in [-0.05, 0) is 19.4 Å². The maximum absolute atomic E-state index is 10.6. The van der Waals surface area contributed by atoms with Crippen molar-refractivity contribution in [1.82, 2.24) is 5.32 Å². The number of carbonyl (C=O) groups is 2. The lowest BCUT2D eigenvalue weighted by Gasteiger charge is -2.12. The Morgan fingerprint density at radius 1 is 1.29 bits per heavy atom. The standard InChI is InChI=1S/C8H15NO5/c10-5-1-4-9-6(8(13)14)2-3-7(11)12/h6,9-10H,1-5H2,(H,11,12)(H,13,14). The molecule has 0 rings (SSSR count). The number of aliphatic hydroxyl groups excluding tert-OH is 1. The first-order valence-corrected chi connectivity index (χ1v) is 4.36. The lowest BCUT2D eigenvalue weighted by atomic mass is 10.1. The molecule has 0 heterocycles. The predicted octanol–water partition coefficient (Wildman–Crippen LogP) is -0.724. The molecule has 82 valence electrons. The molecule has 0 aliphatic heterocycles. The van der Waals surface area contributed by atoms with E-state index in [9.17, 15) is 9.59 Å². The Labute approximate surface area is 81.5 Å². The second-order valence-corrected chi connectivity index (χ2v) is 2.85. The molecule has 0 aromatic rings. The largest absolute Gasteiger partial charge is 0.481 e. The predicted molar refractivity (Wildman–Crippen MR) is 48.0 cm³/mol. The van der Waals surface area contributed by atoms with Gasteiger partial charge in [0, 0.05) is 13.0 Å². The maximum atomic E-state index is 10.6. The molecule has 1 atom stereocenters. The SMILES string of the molecule is O=C(O)CCC(NCCCO)C(=O)O. The summed E-state index contributed by atoms with van der Waals surface area (Å²) in [4.78, 5) is 20.8. The summed E-state index contributed by atoms with van der Waals surface area (Å²) in [5, 5.41) is 28.1. The van der Waals surface area contributed by atoms with Crippen LogP contribution in [-0.4, -0.2) is 46.5 Å². The van der Waals surface area contributed by atoms with E-state index in [0.717, 1.165) is 0 Å². The van der Waals surface area contributed by atoms with Crippen molar-refractivity contribution in [2.75, 3.05) is 13.2 Å². The van der Waals surface area contributed by atoms with Crippen LogP contribution in [0.3, 0.4) is 0 Å². The van der Waals surface area contributed by atoms with Crippen molar-refractivity contribution in [3.8, 4) is 0 Å². The van der Waals surface area contributed by atoms with Crippen LogP contribution in [0.25, 0.3) is 0 Å². The van der Waals surface area contributed by atoms with Gasteiger partial charge in [-0.1, -0.05) is 0 Å². The van der Waals surface area contributed by atoms with Crippen LogP contribution in [-0.2, 0) is 9.59 Å². The van der Waals surface area contributed by atoms with Gasteiger partial charge in [-0.15, -0.1) is 0 Å². The van der Waals surface area contributed by atoms with Gasteiger partial charge < -0.3 is 20.6 Å². The molecule has 0 fully saturated rings. The van der Waals surface area contributed by atoms with Crippen LogP contribution in [0.5, 0.6) is 0 Å². The van der Waals surface area contributed by atoms with E-state index in [1.54, 1.807) is 0 Å². The number of rotatable bonds is 8. The molecule has 6 heteroatoms. The Bertz CT molecular complexity index is 194. The number of hydrogen-bond donors (Lipinski definition) is 4. The fourth-order valence-corrected chi connectivity index (χ4v) is 0.936. The molecule has 0 saturated heterocycles. The average molecular weight is 205 g/mol. The van der Waals surface area contributed by atoms with E-state index in [2.05, 4.69) is 5.32 Å². The number of aliphatic hydroxyl groups is 1. The Hall–Kier alpha value is -1.14. The summed E-state index contributed by atoms with van der Waals surface area (Å²) < 4.78 is 0. The smallest absolute Gasteiger partial charge is 0.320 e. The number of hydrogen-bond acceptors (Lipinski definition) is 4. The summed E-state index contributed by atoms with van der Waals surface area (Å²) in [6, 6.07) is -0.849. The van der Waals surface area contributed by atoms with Gasteiger partial charge in [0.2, 0.25) is 0 Å². The van der Waals surface area contributed by atoms with Gasteiger partial charge in [0.15, 0.2) is 0 Å². The molecule has 0 spiro atoms. The van der Waals surface area contributed by atoms with E-state index in [-0.39, 0.29) is 19.4 Å². The third kappa shape index (κ3) is 6.38. The highest BCUT2D eigenvalue weighted by Crippen LogP contribution is 1.97. The maximum Gasteiger partial charge on any atom is 0.320 e. The van der Waals surface area contributed by atoms with Crippen LogP contribution in [0.4, 0.5) is 0 Å². The molecule has 1 unspecified atom stereocenters. The third-order valence-corrected chi connectivity index (χ3v) is 1.67. The minimum absolute atomic E-state index is 0.0156. The zero-order valence-electron chi connectivity index (χ0n) is 7.77. The van der Waals surface area contributed by atoms with Crippen LogP contribution >= 0.6 is 0 Å². The minimum Gasteiger partial charge on any atom is -0.481 e. The molecular weight excluding hydrogens is 190 g/mol. The number of aliphatic carboxylic acids is 2. The van der Waals surface area contributed by atoms with Crippen LogP contribution < -0.4 is 5.32 Å². The van der Waals surface area contributed by atoms with Gasteiger partial charge >= 0.3 is 11.9 Å². The summed E-state index contributed by atoms with van der Waals surface area (Å²) in [7, 11) is 0. The first kappa shape index (κ1) is 12.9. The lowest BCUT2D eigenvalue weighted by Crippen LogP contribution is -2.37. The number of carboxylic acid groups (broad SMARTS) is 2. The molecule has 0 aliphatic carbocycles. The van der Waals surface area contributed by atoms with Crippen LogP contribution in [0.2, 0.25) is 0 Å². The van der Waals surface area contributed by atoms with Crippen molar-refractivity contribution >= 4 is 11.9 Å². The highest BCUT2D eigenvalue weighted by atomic mass is 16.4. The fraction of sp³-hybridized carbons (Fsp3) is 0.750. The Kier molecular flexibility index (Phi) is 6.69. The molecule has 0 bridgehead atoms. The van der Waals surface area contributed by atoms with E-state index in [0.29, 0.717) is 13.0 Å². The van der Waals surface area contributed by atoms with Crippen molar-refractivity contribution in [2.24, 2.45) is 0 Å². The van der Waals surface area contributed by atoms with Gasteiger partial charge in [-0.25, -0.2) is 0 Å². The molecule has 0 aromatic heterocycles. The molecule has 0 aromatic carbocycles. The lowest BCUT2D eigenvalue weighted by molar-refractivity contribution is -0.140. The summed E-state index contributed by atoms with van der Waals surface area (Å²) >= 11 is 0. The number of carboxylic acids is 2. The van der Waals surface area contributed by atoms with Crippen molar-refractivity contribution in [3.63, 3.8) is 0 Å². The summed E-state index contributed by atoms with van der Waals surface area (Å²) in [6.07, 6.45) is 0.329. The fourth-order valence-electron chi connectivity index (χ4n) is 0.936. The Morgan fingerprint density at radius 3 is 2.36 bits per heavy atom. The second kappa shape index (κ2) is 7.28. The average Bonchev–Trinajstić information content (AvgIpc) is 2.10. The normalized spacial score (nSPS) is 12.4. The van der Waals surface area contributed by atoms with Crippen molar-refractivity contribution in [3.05, 3.63) is 0 Å². The van der Waals surface area contributed by atoms with Gasteiger partial charge in [0.1, 0.15) is 6.04 Å². The molecule has 0 amide bonds. The zero-order chi connectivity index (χ0) is 11.0. The first-order chi connectivity index (χ1) is 6.57. The molecule has 0 radical (unpaired) electrons. The van der Waals surface area contributed by atoms with E-state index in [1.807, 2.05) is 0 Å². The monoisotopic (exact) mass is 205 g/mol. The summed E-state index contributed by atoms with van der Waals surface area (Å²) in [6.45, 7) is 0.353. The minimum atomic E-state index is -1.07. The van der Waals surface area contributed by atoms with Crippen molar-refractivity contribution in [2.45, 2.75) is 25.3 Å². The highest BCUT2D eigenvalue weighted by Gasteiger charge is 2.17. The third-order valence-electron chi connectivity index (χ3n) is 1.67. The van der Waals surface area contributed by atoms with Crippen LogP contribution in [0, 0.1) is 0 Å². The van der Waals surface area contributed by atoms with Gasteiger partial charge in [0.05, 0.1) is 0 Å². The quantitative estimate of drug-likeness (QED) is 0.389. The van der Waals surface area contributed by atoms with E-state index >= 15 is 0 Å². The second-order valence-electron chi connectivity index (χ2n) is 2.85. The Balaban J connectivity index is 3.78. The van der Waals surface area contributed by atoms with Crippen molar-refractivity contribution < 1.29 is 24.9 Å². The summed E-state index contributed by atoms with van der Waals surface area (Å²) in [5.74, 6) is -2.08. The van der Waals surface area contributed by atoms with E-state index < -0.39 is 18.0 Å². The topological polar surface area (TPSA) is 107 Å². The van der Waals surface area contributed by atoms with Gasteiger partial charge in [0.25, 0.3) is 0 Å². The first-order valence-electron chi connectivity index (χ1n) is 4.36. The van der Waals surface area contributed by atoms with Gasteiger partial charge in [-0.3, -0.25) is 9.59 Å². The highest BCUT2D eigenvalue weighted by molar-refractivity contribution is 5.75. The van der Waals surface area contributed by atoms with E-state index in [1.165, 1.54) is 0 Å². The zero-order valence-corrected chi connectivity index (χ0v) is 7.77. The van der Waals surface area contributed by atoms with Crippen LogP contribution in [0.1, 0.15) is 19.3 Å². The summed E-state index contributed by atoms with van der Waals surface area (Å²) in [5.41, 5.74) is 0. The molecular formula is C8H15NO5.